The van der Waals surface area contributed by atoms with E-state index >= 15 is 0 Å². The third kappa shape index (κ3) is 5.20. The first-order chi connectivity index (χ1) is 15.1. The number of hydrogen-bond donors (Lipinski definition) is 2. The molecule has 1 aromatic carbocycles. The minimum atomic E-state index is -0.574. The predicted molar refractivity (Wildman–Crippen MR) is 113 cm³/mol. The van der Waals surface area contributed by atoms with E-state index in [0.717, 1.165) is 4.88 Å². The molecule has 0 atom stereocenters. The van der Waals surface area contributed by atoms with Crippen molar-refractivity contribution >= 4 is 23.2 Å². The number of carbonyl (C=O) groups is 2. The molecule has 0 aliphatic heterocycles. The number of amides is 2. The van der Waals surface area contributed by atoms with Crippen molar-refractivity contribution in [1.82, 2.24) is 15.8 Å². The van der Waals surface area contributed by atoms with Gasteiger partial charge in [0.25, 0.3) is 0 Å². The molecule has 0 aliphatic carbocycles. The van der Waals surface area contributed by atoms with Crippen LogP contribution < -0.4 is 15.6 Å². The average Bonchev–Trinajstić information content (AvgIpc) is 3.53. The van der Waals surface area contributed by atoms with Crippen LogP contribution >= 0.6 is 11.3 Å². The zero-order valence-electron chi connectivity index (χ0n) is 16.6. The lowest BCUT2D eigenvalue weighted by Crippen LogP contribution is -2.42. The highest BCUT2D eigenvalue weighted by atomic mass is 32.1. The molecule has 3 heterocycles. The molecule has 31 heavy (non-hydrogen) atoms. The third-order valence-corrected chi connectivity index (χ3v) is 5.14. The predicted octanol–water partition coefficient (Wildman–Crippen LogP) is 3.89. The number of nitrogens with one attached hydrogen (secondary N) is 2. The van der Waals surface area contributed by atoms with Gasteiger partial charge in [-0.15, -0.1) is 11.3 Å². The molecule has 4 aromatic rings. The fourth-order valence-electron chi connectivity index (χ4n) is 2.73. The van der Waals surface area contributed by atoms with Gasteiger partial charge in [-0.05, 0) is 42.6 Å². The van der Waals surface area contributed by atoms with Crippen LogP contribution in [-0.2, 0) is 17.8 Å². The van der Waals surface area contributed by atoms with Crippen molar-refractivity contribution in [2.45, 2.75) is 20.0 Å². The molecule has 0 saturated heterocycles. The SMILES string of the molecule is Cc1oc(-c2cccs2)nc1CC(=O)NNC(=O)c1ccc(COc2ccccc2)o1. The average molecular weight is 437 g/mol. The smallest absolute Gasteiger partial charge is 0.305 e. The topological polar surface area (TPSA) is 107 Å². The van der Waals surface area contributed by atoms with E-state index in [1.54, 1.807) is 13.0 Å². The number of nitrogens with zero attached hydrogens (tertiary/aromatic N) is 1. The maximum atomic E-state index is 12.2. The molecule has 9 heteroatoms. The Morgan fingerprint density at radius 1 is 1.03 bits per heavy atom. The Balaban J connectivity index is 1.27. The molecule has 2 amide bonds. The van der Waals surface area contributed by atoms with Gasteiger partial charge >= 0.3 is 5.91 Å². The van der Waals surface area contributed by atoms with Crippen LogP contribution in [0, 0.1) is 6.92 Å². The lowest BCUT2D eigenvalue weighted by molar-refractivity contribution is -0.121. The van der Waals surface area contributed by atoms with Crippen LogP contribution in [0.3, 0.4) is 0 Å². The summed E-state index contributed by atoms with van der Waals surface area (Å²) in [6.07, 6.45) is -0.0324. The number of ether oxygens (including phenoxy) is 1. The van der Waals surface area contributed by atoms with E-state index in [-0.39, 0.29) is 18.8 Å². The van der Waals surface area contributed by atoms with Crippen LogP contribution in [0.4, 0.5) is 0 Å². The summed E-state index contributed by atoms with van der Waals surface area (Å²) in [5.74, 6) is 1.27. The number of aryl methyl sites for hydroxylation is 1. The Kier molecular flexibility index (Phi) is 6.13. The Bertz CT molecular complexity index is 1170. The molecule has 4 rings (SSSR count). The number of furan rings is 1. The lowest BCUT2D eigenvalue weighted by atomic mass is 10.2. The van der Waals surface area contributed by atoms with Crippen molar-refractivity contribution in [2.75, 3.05) is 0 Å². The summed E-state index contributed by atoms with van der Waals surface area (Å²) in [7, 11) is 0. The van der Waals surface area contributed by atoms with Crippen LogP contribution in [-0.4, -0.2) is 16.8 Å². The summed E-state index contributed by atoms with van der Waals surface area (Å²) >= 11 is 1.50. The van der Waals surface area contributed by atoms with Crippen molar-refractivity contribution in [2.24, 2.45) is 0 Å². The van der Waals surface area contributed by atoms with Crippen LogP contribution in [0.25, 0.3) is 10.8 Å². The highest BCUT2D eigenvalue weighted by Gasteiger charge is 2.17. The van der Waals surface area contributed by atoms with E-state index in [1.807, 2.05) is 47.8 Å². The van der Waals surface area contributed by atoms with E-state index in [1.165, 1.54) is 17.4 Å². The van der Waals surface area contributed by atoms with E-state index in [9.17, 15) is 9.59 Å². The second kappa shape index (κ2) is 9.31. The molecule has 0 bridgehead atoms. The Morgan fingerprint density at radius 2 is 1.87 bits per heavy atom. The standard InChI is InChI=1S/C22H19N3O5S/c1-14-17(23-22(29-14)19-8-5-11-31-19)12-20(26)24-25-21(27)18-10-9-16(30-18)13-28-15-6-3-2-4-7-15/h2-11H,12-13H2,1H3,(H,24,26)(H,25,27). The van der Waals surface area contributed by atoms with Gasteiger partial charge in [0.15, 0.2) is 5.76 Å². The minimum Gasteiger partial charge on any atom is -0.486 e. The molecule has 2 N–H and O–H groups in total. The Hall–Kier alpha value is -3.85. The van der Waals surface area contributed by atoms with Crippen LogP contribution in [0.15, 0.2) is 68.8 Å². The normalized spacial score (nSPS) is 10.6. The monoisotopic (exact) mass is 437 g/mol. The number of oxazole rings is 1. The first-order valence-corrected chi connectivity index (χ1v) is 10.3. The van der Waals surface area contributed by atoms with Crippen molar-refractivity contribution in [3.8, 4) is 16.5 Å². The summed E-state index contributed by atoms with van der Waals surface area (Å²) in [4.78, 5) is 29.7. The van der Waals surface area contributed by atoms with Crippen LogP contribution in [0.1, 0.15) is 27.8 Å². The molecule has 0 aliphatic rings. The highest BCUT2D eigenvalue weighted by Crippen LogP contribution is 2.26. The molecule has 0 spiro atoms. The van der Waals surface area contributed by atoms with Gasteiger partial charge in [-0.25, -0.2) is 4.98 Å². The Labute approximate surface area is 181 Å². The number of para-hydroxylation sites is 1. The van der Waals surface area contributed by atoms with Gasteiger partial charge in [0.2, 0.25) is 11.8 Å². The summed E-state index contributed by atoms with van der Waals surface area (Å²) in [5.41, 5.74) is 5.20. The van der Waals surface area contributed by atoms with Crippen LogP contribution in [0.2, 0.25) is 0 Å². The molecular formula is C22H19N3O5S. The number of benzene rings is 1. The van der Waals surface area contributed by atoms with Crippen molar-refractivity contribution in [3.63, 3.8) is 0 Å². The fourth-order valence-corrected chi connectivity index (χ4v) is 3.38. The molecule has 8 nitrogen and oxygen atoms in total. The van der Waals surface area contributed by atoms with E-state index in [2.05, 4.69) is 15.8 Å². The van der Waals surface area contributed by atoms with Gasteiger partial charge in [-0.1, -0.05) is 24.3 Å². The largest absolute Gasteiger partial charge is 0.486 e. The first kappa shape index (κ1) is 20.4. The second-order valence-corrected chi connectivity index (χ2v) is 7.49. The molecular weight excluding hydrogens is 418 g/mol. The number of aromatic nitrogens is 1. The van der Waals surface area contributed by atoms with Crippen molar-refractivity contribution in [1.29, 1.82) is 0 Å². The minimum absolute atomic E-state index is 0.0324. The molecule has 0 unspecified atom stereocenters. The fraction of sp³-hybridized carbons (Fsp3) is 0.136. The number of rotatable bonds is 7. The van der Waals surface area contributed by atoms with Gasteiger partial charge in [0.05, 0.1) is 17.0 Å². The van der Waals surface area contributed by atoms with Gasteiger partial charge in [0, 0.05) is 0 Å². The molecule has 0 radical (unpaired) electrons. The first-order valence-electron chi connectivity index (χ1n) is 9.44. The van der Waals surface area contributed by atoms with Gasteiger partial charge < -0.3 is 13.6 Å². The zero-order chi connectivity index (χ0) is 21.6. The third-order valence-electron chi connectivity index (χ3n) is 4.28. The maximum absolute atomic E-state index is 12.2. The Morgan fingerprint density at radius 3 is 2.65 bits per heavy atom. The molecule has 158 valence electrons. The van der Waals surface area contributed by atoms with E-state index in [4.69, 9.17) is 13.6 Å². The quantitative estimate of drug-likeness (QED) is 0.425. The van der Waals surface area contributed by atoms with E-state index in [0.29, 0.717) is 28.9 Å². The number of hydrazine groups is 1. The van der Waals surface area contributed by atoms with Crippen molar-refractivity contribution < 1.29 is 23.2 Å². The summed E-state index contributed by atoms with van der Waals surface area (Å²) in [6, 6.07) is 16.2. The number of hydrogen-bond acceptors (Lipinski definition) is 7. The van der Waals surface area contributed by atoms with Crippen LogP contribution in [0.5, 0.6) is 5.75 Å². The number of thiophene rings is 1. The van der Waals surface area contributed by atoms with Gasteiger partial charge in [-0.2, -0.15) is 0 Å². The summed E-state index contributed by atoms with van der Waals surface area (Å²) in [6.45, 7) is 1.93. The lowest BCUT2D eigenvalue weighted by Gasteiger charge is -2.05. The number of carbonyl (C=O) groups excluding carboxylic acids is 2. The van der Waals surface area contributed by atoms with E-state index < -0.39 is 11.8 Å². The highest BCUT2D eigenvalue weighted by molar-refractivity contribution is 7.13. The molecule has 0 saturated carbocycles. The molecule has 0 fully saturated rings. The summed E-state index contributed by atoms with van der Waals surface area (Å²) in [5, 5.41) is 1.92. The molecule has 3 aromatic heterocycles. The maximum Gasteiger partial charge on any atom is 0.305 e. The second-order valence-electron chi connectivity index (χ2n) is 6.55. The zero-order valence-corrected chi connectivity index (χ0v) is 17.4. The van der Waals surface area contributed by atoms with Crippen molar-refractivity contribution in [3.05, 3.63) is 83.0 Å². The van der Waals surface area contributed by atoms with Gasteiger partial charge in [-0.3, -0.25) is 20.4 Å². The van der Waals surface area contributed by atoms with Gasteiger partial charge in [0.1, 0.15) is 23.9 Å². The summed E-state index contributed by atoms with van der Waals surface area (Å²) < 4.78 is 16.7.